The van der Waals surface area contributed by atoms with Crippen molar-refractivity contribution in [2.24, 2.45) is 0 Å². The van der Waals surface area contributed by atoms with Crippen LogP contribution < -0.4 is 0 Å². The highest BCUT2D eigenvalue weighted by Crippen LogP contribution is 2.41. The number of aromatic nitrogens is 1. The highest BCUT2D eigenvalue weighted by Gasteiger charge is 2.41. The zero-order valence-electron chi connectivity index (χ0n) is 14.9. The summed E-state index contributed by atoms with van der Waals surface area (Å²) in [5.41, 5.74) is 6.73. The van der Waals surface area contributed by atoms with Crippen molar-refractivity contribution in [2.45, 2.75) is 31.6 Å². The molecule has 1 spiro atoms. The van der Waals surface area contributed by atoms with Gasteiger partial charge in [-0.2, -0.15) is 0 Å². The fourth-order valence-electron chi connectivity index (χ4n) is 4.33. The molecule has 0 radical (unpaired) electrons. The minimum absolute atomic E-state index is 0.407. The SMILES string of the molecule is c1ccc(Cn2cc(-c3ccccc3)c3c2CCC2(C3)OCCO2)cc1. The molecule has 1 aliphatic heterocycles. The minimum atomic E-state index is -0.407. The summed E-state index contributed by atoms with van der Waals surface area (Å²) in [6.45, 7) is 2.33. The van der Waals surface area contributed by atoms with Crippen molar-refractivity contribution in [3.05, 3.63) is 83.7 Å². The van der Waals surface area contributed by atoms with E-state index in [4.69, 9.17) is 9.47 Å². The lowest BCUT2D eigenvalue weighted by Crippen LogP contribution is -2.37. The van der Waals surface area contributed by atoms with Crippen LogP contribution in [0.3, 0.4) is 0 Å². The summed E-state index contributed by atoms with van der Waals surface area (Å²) < 4.78 is 14.5. The molecule has 0 saturated carbocycles. The summed E-state index contributed by atoms with van der Waals surface area (Å²) in [5, 5.41) is 0. The average Bonchev–Trinajstić information content (AvgIpc) is 3.28. The number of benzene rings is 2. The predicted molar refractivity (Wildman–Crippen MR) is 102 cm³/mol. The van der Waals surface area contributed by atoms with Gasteiger partial charge in [0.05, 0.1) is 13.2 Å². The van der Waals surface area contributed by atoms with Crippen LogP contribution in [0.2, 0.25) is 0 Å². The first-order chi connectivity index (χ1) is 12.8. The summed E-state index contributed by atoms with van der Waals surface area (Å²) >= 11 is 0. The molecule has 0 N–H and O–H groups in total. The number of fused-ring (bicyclic) bond motifs is 1. The van der Waals surface area contributed by atoms with Crippen LogP contribution in [0, 0.1) is 0 Å². The van der Waals surface area contributed by atoms with Gasteiger partial charge in [0.25, 0.3) is 0 Å². The lowest BCUT2D eigenvalue weighted by Gasteiger charge is -2.32. The molecule has 3 heteroatoms. The first kappa shape index (κ1) is 15.9. The Balaban J connectivity index is 1.58. The molecule has 1 aromatic heterocycles. The van der Waals surface area contributed by atoms with Gasteiger partial charge in [-0.05, 0) is 23.1 Å². The van der Waals surface area contributed by atoms with Crippen LogP contribution >= 0.6 is 0 Å². The third-order valence-electron chi connectivity index (χ3n) is 5.59. The Morgan fingerprint density at radius 1 is 0.885 bits per heavy atom. The van der Waals surface area contributed by atoms with Gasteiger partial charge in [-0.1, -0.05) is 60.7 Å². The van der Waals surface area contributed by atoms with Gasteiger partial charge in [-0.25, -0.2) is 0 Å². The molecule has 0 unspecified atom stereocenters. The van der Waals surface area contributed by atoms with Gasteiger partial charge in [0.2, 0.25) is 0 Å². The Morgan fingerprint density at radius 3 is 2.31 bits per heavy atom. The van der Waals surface area contributed by atoms with E-state index in [9.17, 15) is 0 Å². The van der Waals surface area contributed by atoms with E-state index < -0.39 is 5.79 Å². The Morgan fingerprint density at radius 2 is 1.58 bits per heavy atom. The van der Waals surface area contributed by atoms with Crippen LogP contribution in [0.5, 0.6) is 0 Å². The number of ether oxygens (including phenoxy) is 2. The van der Waals surface area contributed by atoms with E-state index in [1.807, 2.05) is 0 Å². The Labute approximate surface area is 154 Å². The fraction of sp³-hybridized carbons (Fsp3) is 0.304. The van der Waals surface area contributed by atoms with Gasteiger partial charge in [0.1, 0.15) is 0 Å². The number of hydrogen-bond acceptors (Lipinski definition) is 2. The van der Waals surface area contributed by atoms with E-state index in [1.165, 1.54) is 27.9 Å². The molecule has 1 saturated heterocycles. The van der Waals surface area contributed by atoms with Crippen molar-refractivity contribution in [2.75, 3.05) is 13.2 Å². The molecule has 2 heterocycles. The van der Waals surface area contributed by atoms with E-state index in [2.05, 4.69) is 71.4 Å². The van der Waals surface area contributed by atoms with Crippen LogP contribution in [-0.2, 0) is 28.9 Å². The van der Waals surface area contributed by atoms with Gasteiger partial charge in [-0.3, -0.25) is 0 Å². The van der Waals surface area contributed by atoms with E-state index in [0.29, 0.717) is 13.2 Å². The Hall–Kier alpha value is -2.36. The van der Waals surface area contributed by atoms with Gasteiger partial charge in [0, 0.05) is 36.8 Å². The maximum atomic E-state index is 6.03. The van der Waals surface area contributed by atoms with Crippen molar-refractivity contribution >= 4 is 0 Å². The van der Waals surface area contributed by atoms with E-state index in [0.717, 1.165) is 25.8 Å². The summed E-state index contributed by atoms with van der Waals surface area (Å²) in [6.07, 6.45) is 5.09. The quantitative estimate of drug-likeness (QED) is 0.701. The summed E-state index contributed by atoms with van der Waals surface area (Å²) in [5.74, 6) is -0.407. The lowest BCUT2D eigenvalue weighted by molar-refractivity contribution is -0.164. The second-order valence-corrected chi connectivity index (χ2v) is 7.23. The van der Waals surface area contributed by atoms with E-state index >= 15 is 0 Å². The van der Waals surface area contributed by atoms with Crippen LogP contribution in [0.25, 0.3) is 11.1 Å². The Bertz CT molecular complexity index is 893. The number of nitrogens with zero attached hydrogens (tertiary/aromatic N) is 1. The maximum Gasteiger partial charge on any atom is 0.172 e. The third-order valence-corrected chi connectivity index (χ3v) is 5.59. The van der Waals surface area contributed by atoms with Crippen LogP contribution in [0.4, 0.5) is 0 Å². The monoisotopic (exact) mass is 345 g/mol. The number of rotatable bonds is 3. The molecule has 2 aliphatic rings. The highest BCUT2D eigenvalue weighted by atomic mass is 16.7. The number of hydrogen-bond donors (Lipinski definition) is 0. The second kappa shape index (κ2) is 6.42. The first-order valence-corrected chi connectivity index (χ1v) is 9.41. The van der Waals surface area contributed by atoms with Crippen molar-refractivity contribution in [1.82, 2.24) is 4.57 Å². The van der Waals surface area contributed by atoms with Gasteiger partial charge < -0.3 is 14.0 Å². The van der Waals surface area contributed by atoms with E-state index in [1.54, 1.807) is 0 Å². The standard InChI is InChI=1S/C23H23NO2/c1-3-7-18(8-4-1)16-24-17-21(19-9-5-2-6-10-19)20-15-23(12-11-22(20)24)25-13-14-26-23/h1-10,17H,11-16H2. The van der Waals surface area contributed by atoms with Crippen LogP contribution in [0.15, 0.2) is 66.9 Å². The molecule has 26 heavy (non-hydrogen) atoms. The molecular formula is C23H23NO2. The van der Waals surface area contributed by atoms with Crippen molar-refractivity contribution < 1.29 is 9.47 Å². The van der Waals surface area contributed by atoms with E-state index in [-0.39, 0.29) is 0 Å². The summed E-state index contributed by atoms with van der Waals surface area (Å²) in [7, 11) is 0. The van der Waals surface area contributed by atoms with Gasteiger partial charge in [0.15, 0.2) is 5.79 Å². The molecule has 3 aromatic rings. The Kier molecular flexibility index (Phi) is 3.92. The van der Waals surface area contributed by atoms with Crippen LogP contribution in [-0.4, -0.2) is 23.6 Å². The normalized spacial score (nSPS) is 18.2. The smallest absolute Gasteiger partial charge is 0.172 e. The molecule has 2 aromatic carbocycles. The van der Waals surface area contributed by atoms with Crippen molar-refractivity contribution in [3.8, 4) is 11.1 Å². The molecule has 1 aliphatic carbocycles. The molecule has 3 nitrogen and oxygen atoms in total. The predicted octanol–water partition coefficient (Wildman–Crippen LogP) is 4.44. The molecule has 1 fully saturated rings. The summed E-state index contributed by atoms with van der Waals surface area (Å²) in [6, 6.07) is 21.4. The first-order valence-electron chi connectivity index (χ1n) is 9.41. The van der Waals surface area contributed by atoms with Gasteiger partial charge >= 0.3 is 0 Å². The topological polar surface area (TPSA) is 23.4 Å². The molecular weight excluding hydrogens is 322 g/mol. The van der Waals surface area contributed by atoms with Crippen molar-refractivity contribution in [3.63, 3.8) is 0 Å². The lowest BCUT2D eigenvalue weighted by atomic mass is 9.88. The highest BCUT2D eigenvalue weighted by molar-refractivity contribution is 5.69. The molecule has 132 valence electrons. The largest absolute Gasteiger partial charge is 0.347 e. The maximum absolute atomic E-state index is 6.03. The minimum Gasteiger partial charge on any atom is -0.347 e. The molecule has 5 rings (SSSR count). The average molecular weight is 345 g/mol. The second-order valence-electron chi connectivity index (χ2n) is 7.23. The molecule has 0 amide bonds. The third kappa shape index (κ3) is 2.77. The molecule has 0 bridgehead atoms. The molecule has 0 atom stereocenters. The van der Waals surface area contributed by atoms with Crippen molar-refractivity contribution in [1.29, 1.82) is 0 Å². The van der Waals surface area contributed by atoms with Crippen LogP contribution in [0.1, 0.15) is 23.2 Å². The zero-order chi connectivity index (χ0) is 17.4. The zero-order valence-corrected chi connectivity index (χ0v) is 14.9. The fourth-order valence-corrected chi connectivity index (χ4v) is 4.33. The van der Waals surface area contributed by atoms with Gasteiger partial charge in [-0.15, -0.1) is 0 Å². The summed E-state index contributed by atoms with van der Waals surface area (Å²) in [4.78, 5) is 0.